The van der Waals surface area contributed by atoms with Gasteiger partial charge in [0, 0.05) is 11.5 Å². The Morgan fingerprint density at radius 3 is 2.39 bits per heavy atom. The van der Waals surface area contributed by atoms with Gasteiger partial charge in [-0.1, -0.05) is 30.3 Å². The Morgan fingerprint density at radius 1 is 0.879 bits per heavy atom. The molecule has 0 atom stereocenters. The summed E-state index contributed by atoms with van der Waals surface area (Å²) >= 11 is 0. The summed E-state index contributed by atoms with van der Waals surface area (Å²) in [4.78, 5) is 25.0. The van der Waals surface area contributed by atoms with Crippen molar-refractivity contribution in [3.05, 3.63) is 106 Å². The minimum atomic E-state index is -0.697. The largest absolute Gasteiger partial charge is 0.497 e. The zero-order chi connectivity index (χ0) is 23.2. The van der Waals surface area contributed by atoms with Crippen molar-refractivity contribution in [1.82, 2.24) is 0 Å². The molecule has 166 valence electrons. The summed E-state index contributed by atoms with van der Waals surface area (Å²) in [7, 11) is 3.20. The summed E-state index contributed by atoms with van der Waals surface area (Å²) in [6.07, 6.45) is 2.99. The molecule has 0 aliphatic heterocycles. The van der Waals surface area contributed by atoms with Crippen LogP contribution in [0.4, 0.5) is 0 Å². The van der Waals surface area contributed by atoms with Gasteiger partial charge in [-0.25, -0.2) is 4.79 Å². The number of fused-ring (bicyclic) bond motifs is 1. The molecule has 0 bridgehead atoms. The Morgan fingerprint density at radius 2 is 1.64 bits per heavy atom. The molecule has 0 saturated carbocycles. The number of methoxy groups -OCH3 is 2. The van der Waals surface area contributed by atoms with E-state index in [4.69, 9.17) is 18.6 Å². The lowest BCUT2D eigenvalue weighted by Crippen LogP contribution is -2.12. The zero-order valence-corrected chi connectivity index (χ0v) is 18.2. The maximum Gasteiger partial charge on any atom is 0.347 e. The Labute approximate surface area is 190 Å². The molecule has 0 radical (unpaired) electrons. The fourth-order valence-electron chi connectivity index (χ4n) is 3.26. The lowest BCUT2D eigenvalue weighted by atomic mass is 10.1. The highest BCUT2D eigenvalue weighted by Crippen LogP contribution is 2.22. The molecule has 0 saturated heterocycles. The topological polar surface area (TPSA) is 75.0 Å². The minimum Gasteiger partial charge on any atom is -0.497 e. The average Bonchev–Trinajstić information content (AvgIpc) is 2.86. The molecule has 6 heteroatoms. The van der Waals surface area contributed by atoms with Crippen molar-refractivity contribution >= 4 is 22.8 Å². The summed E-state index contributed by atoms with van der Waals surface area (Å²) in [6.45, 7) is 0.333. The van der Waals surface area contributed by atoms with Crippen LogP contribution in [0.5, 0.6) is 17.2 Å². The highest BCUT2D eigenvalue weighted by Gasteiger charge is 2.12. The molecule has 1 heterocycles. The Kier molecular flexibility index (Phi) is 6.55. The second-order valence-corrected chi connectivity index (χ2v) is 7.26. The van der Waals surface area contributed by atoms with Gasteiger partial charge in [0.1, 0.15) is 35.0 Å². The van der Waals surface area contributed by atoms with Gasteiger partial charge in [0.2, 0.25) is 0 Å². The van der Waals surface area contributed by atoms with E-state index in [1.807, 2.05) is 36.4 Å². The second kappa shape index (κ2) is 9.87. The van der Waals surface area contributed by atoms with Gasteiger partial charge >= 0.3 is 5.63 Å². The van der Waals surface area contributed by atoms with Crippen molar-refractivity contribution in [2.75, 3.05) is 14.2 Å². The number of hydrogen-bond donors (Lipinski definition) is 0. The van der Waals surface area contributed by atoms with E-state index in [-0.39, 0.29) is 5.56 Å². The monoisotopic (exact) mass is 442 g/mol. The predicted molar refractivity (Wildman–Crippen MR) is 126 cm³/mol. The van der Waals surface area contributed by atoms with E-state index < -0.39 is 11.4 Å². The molecule has 0 spiro atoms. The smallest absolute Gasteiger partial charge is 0.347 e. The molecule has 4 rings (SSSR count). The number of hydrogen-bond acceptors (Lipinski definition) is 6. The van der Waals surface area contributed by atoms with Crippen molar-refractivity contribution in [3.63, 3.8) is 0 Å². The number of rotatable bonds is 8. The van der Waals surface area contributed by atoms with Crippen molar-refractivity contribution in [1.29, 1.82) is 0 Å². The summed E-state index contributed by atoms with van der Waals surface area (Å²) < 4.78 is 21.6. The van der Waals surface area contributed by atoms with E-state index in [9.17, 15) is 9.59 Å². The molecule has 0 unspecified atom stereocenters. The lowest BCUT2D eigenvalue weighted by molar-refractivity contribution is 0.104. The quantitative estimate of drug-likeness (QED) is 0.210. The van der Waals surface area contributed by atoms with Crippen LogP contribution in [0.2, 0.25) is 0 Å². The summed E-state index contributed by atoms with van der Waals surface area (Å²) in [5, 5.41) is 0.629. The van der Waals surface area contributed by atoms with E-state index in [2.05, 4.69) is 0 Å². The zero-order valence-electron chi connectivity index (χ0n) is 18.2. The van der Waals surface area contributed by atoms with Crippen LogP contribution in [-0.2, 0) is 6.61 Å². The molecule has 0 N–H and O–H groups in total. The van der Waals surface area contributed by atoms with Gasteiger partial charge < -0.3 is 18.6 Å². The third-order valence-corrected chi connectivity index (χ3v) is 5.06. The van der Waals surface area contributed by atoms with Crippen LogP contribution in [0.1, 0.15) is 21.5 Å². The van der Waals surface area contributed by atoms with Gasteiger partial charge in [-0.2, -0.15) is 0 Å². The Balaban J connectivity index is 1.50. The minimum absolute atomic E-state index is 0.0303. The SMILES string of the molecule is COc1ccc(/C=C/C(=O)c2cc3ccc(OCc4cccc(OC)c4)cc3oc2=O)cc1. The molecular formula is C27H22O6. The first-order valence-corrected chi connectivity index (χ1v) is 10.3. The first-order chi connectivity index (χ1) is 16.1. The first-order valence-electron chi connectivity index (χ1n) is 10.3. The standard InChI is InChI=1S/C27H22O6/c1-30-21-10-6-18(7-11-21)8-13-25(28)24-15-20-9-12-23(16-26(20)33-27(24)29)32-17-19-4-3-5-22(14-19)31-2/h3-16H,17H2,1-2H3/b13-8+. The highest BCUT2D eigenvalue weighted by atomic mass is 16.5. The number of carbonyl (C=O) groups is 1. The van der Waals surface area contributed by atoms with Gasteiger partial charge in [0.05, 0.1) is 14.2 Å². The van der Waals surface area contributed by atoms with Gasteiger partial charge in [-0.3, -0.25) is 4.79 Å². The molecule has 1 aromatic heterocycles. The second-order valence-electron chi connectivity index (χ2n) is 7.26. The van der Waals surface area contributed by atoms with Crippen molar-refractivity contribution in [2.24, 2.45) is 0 Å². The van der Waals surface area contributed by atoms with Crippen LogP contribution in [0, 0.1) is 0 Å². The highest BCUT2D eigenvalue weighted by molar-refractivity contribution is 6.07. The molecule has 6 nitrogen and oxygen atoms in total. The molecule has 0 fully saturated rings. The van der Waals surface area contributed by atoms with Crippen LogP contribution >= 0.6 is 0 Å². The average molecular weight is 442 g/mol. The van der Waals surface area contributed by atoms with Gasteiger partial charge in [0.15, 0.2) is 5.78 Å². The molecule has 4 aromatic rings. The molecule has 0 aliphatic carbocycles. The van der Waals surface area contributed by atoms with E-state index in [0.717, 1.165) is 22.6 Å². The number of ether oxygens (including phenoxy) is 3. The Bertz CT molecular complexity index is 1370. The van der Waals surface area contributed by atoms with Crippen LogP contribution in [0.25, 0.3) is 17.0 Å². The lowest BCUT2D eigenvalue weighted by Gasteiger charge is -2.08. The van der Waals surface area contributed by atoms with Gasteiger partial charge in [0.25, 0.3) is 0 Å². The van der Waals surface area contributed by atoms with Crippen molar-refractivity contribution < 1.29 is 23.4 Å². The van der Waals surface area contributed by atoms with E-state index in [1.165, 1.54) is 12.1 Å². The van der Waals surface area contributed by atoms with Crippen molar-refractivity contribution in [2.45, 2.75) is 6.61 Å². The summed E-state index contributed by atoms with van der Waals surface area (Å²) in [5.41, 5.74) is 1.38. The van der Waals surface area contributed by atoms with E-state index in [1.54, 1.807) is 50.6 Å². The first kappa shape index (κ1) is 21.9. The van der Waals surface area contributed by atoms with Crippen LogP contribution in [0.3, 0.4) is 0 Å². The maximum absolute atomic E-state index is 12.6. The molecule has 33 heavy (non-hydrogen) atoms. The van der Waals surface area contributed by atoms with E-state index in [0.29, 0.717) is 23.3 Å². The van der Waals surface area contributed by atoms with Gasteiger partial charge in [-0.15, -0.1) is 0 Å². The van der Waals surface area contributed by atoms with Gasteiger partial charge in [-0.05, 0) is 59.7 Å². The fourth-order valence-corrected chi connectivity index (χ4v) is 3.26. The Hall–Kier alpha value is -4.32. The molecule has 0 aliphatic rings. The number of benzene rings is 3. The third kappa shape index (κ3) is 5.30. The van der Waals surface area contributed by atoms with Crippen molar-refractivity contribution in [3.8, 4) is 17.2 Å². The molecular weight excluding hydrogens is 420 g/mol. The third-order valence-electron chi connectivity index (χ3n) is 5.06. The summed E-state index contributed by atoms with van der Waals surface area (Å²) in [6, 6.07) is 21.5. The number of ketones is 1. The van der Waals surface area contributed by atoms with Crippen LogP contribution < -0.4 is 19.8 Å². The normalized spacial score (nSPS) is 11.0. The van der Waals surface area contributed by atoms with E-state index >= 15 is 0 Å². The number of allylic oxidation sites excluding steroid dienone is 1. The molecule has 0 amide bonds. The maximum atomic E-state index is 12.6. The number of carbonyl (C=O) groups excluding carboxylic acids is 1. The molecule has 3 aromatic carbocycles. The summed E-state index contributed by atoms with van der Waals surface area (Å²) in [5.74, 6) is 1.59. The predicted octanol–water partition coefficient (Wildman–Crippen LogP) is 5.29. The fraction of sp³-hybridized carbons (Fsp3) is 0.111. The van der Waals surface area contributed by atoms with Crippen LogP contribution in [0.15, 0.2) is 88.1 Å². The van der Waals surface area contributed by atoms with Crippen LogP contribution in [-0.4, -0.2) is 20.0 Å².